The highest BCUT2D eigenvalue weighted by Gasteiger charge is 2.34. The molecule has 2 aromatic carbocycles. The van der Waals surface area contributed by atoms with Gasteiger partial charge in [-0.1, -0.05) is 68.8 Å². The Hall–Kier alpha value is -3.35. The Kier molecular flexibility index (Phi) is 7.20. The average Bonchev–Trinajstić information content (AvgIpc) is 3.37. The van der Waals surface area contributed by atoms with Crippen molar-refractivity contribution in [3.8, 4) is 11.1 Å². The second kappa shape index (κ2) is 10.3. The summed E-state index contributed by atoms with van der Waals surface area (Å²) in [5.41, 5.74) is 4.55. The molecule has 3 N–H and O–H groups in total. The van der Waals surface area contributed by atoms with Gasteiger partial charge in [-0.3, -0.25) is 9.59 Å². The number of amides is 2. The number of alkyl carbamates (subject to hydrolysis) is 1. The molecule has 4 rings (SSSR count). The molecule has 34 heavy (non-hydrogen) atoms. The van der Waals surface area contributed by atoms with Crippen molar-refractivity contribution in [2.45, 2.75) is 57.5 Å². The topological polar surface area (TPSA) is 105 Å². The lowest BCUT2D eigenvalue weighted by Crippen LogP contribution is -2.53. The predicted octanol–water partition coefficient (Wildman–Crippen LogP) is 4.31. The molecular formula is C27H32N2O5. The zero-order valence-electron chi connectivity index (χ0n) is 19.6. The first-order valence-corrected chi connectivity index (χ1v) is 12.0. The van der Waals surface area contributed by atoms with Crippen LogP contribution in [0.2, 0.25) is 0 Å². The number of ether oxygens (including phenoxy) is 1. The van der Waals surface area contributed by atoms with E-state index >= 15 is 0 Å². The highest BCUT2D eigenvalue weighted by Crippen LogP contribution is 2.44. The summed E-state index contributed by atoms with van der Waals surface area (Å²) in [7, 11) is 0. The fourth-order valence-electron chi connectivity index (χ4n) is 5.27. The zero-order chi connectivity index (χ0) is 24.2. The monoisotopic (exact) mass is 464 g/mol. The number of nitrogens with one attached hydrogen (secondary N) is 2. The van der Waals surface area contributed by atoms with Gasteiger partial charge in [0.2, 0.25) is 5.91 Å². The summed E-state index contributed by atoms with van der Waals surface area (Å²) >= 11 is 0. The average molecular weight is 465 g/mol. The van der Waals surface area contributed by atoms with E-state index < -0.39 is 18.1 Å². The first kappa shape index (κ1) is 23.8. The lowest BCUT2D eigenvalue weighted by atomic mass is 9.98. The van der Waals surface area contributed by atoms with Gasteiger partial charge in [0.25, 0.3) is 0 Å². The van der Waals surface area contributed by atoms with Gasteiger partial charge in [-0.25, -0.2) is 4.79 Å². The van der Waals surface area contributed by atoms with Crippen molar-refractivity contribution in [1.29, 1.82) is 0 Å². The molecule has 2 aliphatic rings. The molecule has 180 valence electrons. The molecule has 3 atom stereocenters. The van der Waals surface area contributed by atoms with E-state index in [9.17, 15) is 14.4 Å². The quantitative estimate of drug-likeness (QED) is 0.540. The van der Waals surface area contributed by atoms with E-state index in [-0.39, 0.29) is 42.7 Å². The van der Waals surface area contributed by atoms with Crippen LogP contribution in [0.1, 0.15) is 56.6 Å². The number of benzene rings is 2. The van der Waals surface area contributed by atoms with Crippen LogP contribution in [0.4, 0.5) is 4.79 Å². The van der Waals surface area contributed by atoms with Gasteiger partial charge in [0, 0.05) is 12.0 Å². The van der Waals surface area contributed by atoms with Crippen molar-refractivity contribution in [2.75, 3.05) is 6.61 Å². The van der Waals surface area contributed by atoms with Gasteiger partial charge in [-0.2, -0.15) is 0 Å². The molecule has 1 fully saturated rings. The van der Waals surface area contributed by atoms with Gasteiger partial charge in [-0.15, -0.1) is 0 Å². The fourth-order valence-corrected chi connectivity index (χ4v) is 5.27. The molecule has 0 spiro atoms. The molecule has 0 heterocycles. The summed E-state index contributed by atoms with van der Waals surface area (Å²) in [6.07, 6.45) is 1.82. The number of carboxylic acid groups (broad SMARTS) is 1. The minimum Gasteiger partial charge on any atom is -0.481 e. The second-order valence-corrected chi connectivity index (χ2v) is 9.60. The van der Waals surface area contributed by atoms with Crippen molar-refractivity contribution < 1.29 is 24.2 Å². The molecule has 0 aliphatic heterocycles. The second-order valence-electron chi connectivity index (χ2n) is 9.60. The number of carboxylic acids is 1. The van der Waals surface area contributed by atoms with Crippen LogP contribution in [0.25, 0.3) is 11.1 Å². The fraction of sp³-hybridized carbons (Fsp3) is 0.444. The third kappa shape index (κ3) is 5.08. The Bertz CT molecular complexity index is 1020. The standard InChI is InChI=1S/C27H32N2O5/c1-16(2)25(26(32)28-23-13-7-8-17(23)14-24(30)31)29-27(33)34-15-22-20-11-5-3-9-18(20)19-10-4-6-12-21(19)22/h3-6,9-12,16-17,22-23,25H,7-8,13-15H2,1-2H3,(H,28,32)(H,29,33)(H,30,31)/t17-,23+,25?/m0/s1. The Morgan fingerprint density at radius 3 is 2.21 bits per heavy atom. The molecule has 1 unspecified atom stereocenters. The Balaban J connectivity index is 1.37. The van der Waals surface area contributed by atoms with E-state index in [1.807, 2.05) is 38.1 Å². The maximum atomic E-state index is 13.0. The van der Waals surface area contributed by atoms with Gasteiger partial charge in [0.1, 0.15) is 12.6 Å². The molecule has 7 heteroatoms. The summed E-state index contributed by atoms with van der Waals surface area (Å²) in [4.78, 5) is 36.8. The largest absolute Gasteiger partial charge is 0.481 e. The van der Waals surface area contributed by atoms with Crippen LogP contribution in [0, 0.1) is 11.8 Å². The van der Waals surface area contributed by atoms with Gasteiger partial charge in [-0.05, 0) is 46.9 Å². The molecule has 0 bridgehead atoms. The van der Waals surface area contributed by atoms with Crippen LogP contribution in [-0.2, 0) is 14.3 Å². The highest BCUT2D eigenvalue weighted by molar-refractivity contribution is 5.86. The number of aliphatic carboxylic acids is 1. The molecule has 2 aromatic rings. The SMILES string of the molecule is CC(C)C(NC(=O)OCC1c2ccccc2-c2ccccc21)C(=O)N[C@@H]1CCC[C@H]1CC(=O)O. The number of hydrogen-bond acceptors (Lipinski definition) is 4. The summed E-state index contributed by atoms with van der Waals surface area (Å²) in [5.74, 6) is -1.45. The minimum atomic E-state index is -0.858. The van der Waals surface area contributed by atoms with Crippen LogP contribution in [0.15, 0.2) is 48.5 Å². The zero-order valence-corrected chi connectivity index (χ0v) is 19.6. The first-order chi connectivity index (χ1) is 16.3. The van der Waals surface area contributed by atoms with E-state index in [2.05, 4.69) is 34.9 Å². The molecule has 2 amide bonds. The molecule has 0 aromatic heterocycles. The highest BCUT2D eigenvalue weighted by atomic mass is 16.5. The maximum absolute atomic E-state index is 13.0. The summed E-state index contributed by atoms with van der Waals surface area (Å²) < 4.78 is 5.61. The van der Waals surface area contributed by atoms with Gasteiger partial charge in [0.15, 0.2) is 0 Å². The maximum Gasteiger partial charge on any atom is 0.407 e. The normalized spacial score (nSPS) is 19.9. The van der Waals surface area contributed by atoms with E-state index in [0.717, 1.165) is 41.5 Å². The number of carbonyl (C=O) groups excluding carboxylic acids is 2. The molecule has 0 saturated heterocycles. The summed E-state index contributed by atoms with van der Waals surface area (Å²) in [6, 6.07) is 15.3. The van der Waals surface area contributed by atoms with Crippen molar-refractivity contribution >= 4 is 18.0 Å². The van der Waals surface area contributed by atoms with E-state index in [1.165, 1.54) is 0 Å². The predicted molar refractivity (Wildman–Crippen MR) is 128 cm³/mol. The molecule has 1 saturated carbocycles. The third-order valence-electron chi connectivity index (χ3n) is 6.99. The van der Waals surface area contributed by atoms with Crippen molar-refractivity contribution in [3.63, 3.8) is 0 Å². The molecular weight excluding hydrogens is 432 g/mol. The molecule has 2 aliphatic carbocycles. The number of rotatable bonds is 8. The number of carbonyl (C=O) groups is 3. The Labute approximate surface area is 199 Å². The summed E-state index contributed by atoms with van der Waals surface area (Å²) in [6.45, 7) is 3.89. The third-order valence-corrected chi connectivity index (χ3v) is 6.99. The smallest absolute Gasteiger partial charge is 0.407 e. The van der Waals surface area contributed by atoms with Gasteiger partial charge in [0.05, 0.1) is 6.42 Å². The van der Waals surface area contributed by atoms with E-state index in [0.29, 0.717) is 0 Å². The molecule has 0 radical (unpaired) electrons. The first-order valence-electron chi connectivity index (χ1n) is 12.0. The van der Waals surface area contributed by atoms with Gasteiger partial charge >= 0.3 is 12.1 Å². The Morgan fingerprint density at radius 1 is 1.00 bits per heavy atom. The number of fused-ring (bicyclic) bond motifs is 3. The lowest BCUT2D eigenvalue weighted by Gasteiger charge is -2.26. The Morgan fingerprint density at radius 2 is 1.62 bits per heavy atom. The van der Waals surface area contributed by atoms with E-state index in [4.69, 9.17) is 9.84 Å². The lowest BCUT2D eigenvalue weighted by molar-refractivity contribution is -0.138. The van der Waals surface area contributed by atoms with Crippen molar-refractivity contribution in [3.05, 3.63) is 59.7 Å². The van der Waals surface area contributed by atoms with Crippen LogP contribution < -0.4 is 10.6 Å². The van der Waals surface area contributed by atoms with Crippen molar-refractivity contribution in [1.82, 2.24) is 10.6 Å². The molecule has 7 nitrogen and oxygen atoms in total. The van der Waals surface area contributed by atoms with Crippen molar-refractivity contribution in [2.24, 2.45) is 11.8 Å². The summed E-state index contributed by atoms with van der Waals surface area (Å²) in [5, 5.41) is 14.8. The van der Waals surface area contributed by atoms with E-state index in [1.54, 1.807) is 0 Å². The van der Waals surface area contributed by atoms with Crippen LogP contribution in [0.5, 0.6) is 0 Å². The van der Waals surface area contributed by atoms with Crippen LogP contribution >= 0.6 is 0 Å². The van der Waals surface area contributed by atoms with Gasteiger partial charge < -0.3 is 20.5 Å². The minimum absolute atomic E-state index is 0.0388. The van der Waals surface area contributed by atoms with Crippen LogP contribution in [0.3, 0.4) is 0 Å². The number of hydrogen-bond donors (Lipinski definition) is 3. The van der Waals surface area contributed by atoms with Crippen LogP contribution in [-0.4, -0.2) is 41.8 Å².